The van der Waals surface area contributed by atoms with Gasteiger partial charge in [0, 0.05) is 5.41 Å². The summed E-state index contributed by atoms with van der Waals surface area (Å²) >= 11 is 0. The van der Waals surface area contributed by atoms with Crippen LogP contribution in [0.3, 0.4) is 0 Å². The van der Waals surface area contributed by atoms with Crippen LogP contribution in [0.1, 0.15) is 94.2 Å². The number of hydrogen-bond acceptors (Lipinski definition) is 4. The number of ether oxygens (including phenoxy) is 1. The van der Waals surface area contributed by atoms with E-state index in [1.807, 2.05) is 31.2 Å². The van der Waals surface area contributed by atoms with Crippen LogP contribution in [-0.2, 0) is 21.4 Å². The van der Waals surface area contributed by atoms with E-state index in [9.17, 15) is 14.7 Å². The van der Waals surface area contributed by atoms with Crippen molar-refractivity contribution in [2.24, 2.45) is 5.41 Å². The monoisotopic (exact) mass is 603 g/mol. The maximum Gasteiger partial charge on any atom is 0.325 e. The van der Waals surface area contributed by atoms with Gasteiger partial charge < -0.3 is 20.3 Å². The largest absolute Gasteiger partial charge is 0.484 e. The lowest BCUT2D eigenvalue weighted by Crippen LogP contribution is -2.40. The Hall–Kier alpha value is -3.64. The molecule has 6 heteroatoms. The molecule has 2 atom stereocenters. The van der Waals surface area contributed by atoms with Gasteiger partial charge in [0.15, 0.2) is 6.61 Å². The third kappa shape index (κ3) is 10.2. The second-order valence-electron chi connectivity index (χ2n) is 12.9. The summed E-state index contributed by atoms with van der Waals surface area (Å²) in [4.78, 5) is 23.0. The topological polar surface area (TPSA) is 95.9 Å². The average molecular weight is 604 g/mol. The molecule has 0 aliphatic heterocycles. The van der Waals surface area contributed by atoms with Crippen LogP contribution in [0.25, 0.3) is 0 Å². The number of carbonyl (C=O) groups excluding carboxylic acids is 1. The minimum absolute atomic E-state index is 0.123. The van der Waals surface area contributed by atoms with Gasteiger partial charge in [0.2, 0.25) is 0 Å². The molecule has 0 aliphatic carbocycles. The molecule has 3 aromatic rings. The Morgan fingerprint density at radius 2 is 1.43 bits per heavy atom. The fourth-order valence-electron chi connectivity index (χ4n) is 5.36. The van der Waals surface area contributed by atoms with Crippen molar-refractivity contribution in [2.75, 3.05) is 6.61 Å². The number of benzene rings is 3. The third-order valence-electron chi connectivity index (χ3n) is 8.56. The fourth-order valence-corrected chi connectivity index (χ4v) is 5.36. The van der Waals surface area contributed by atoms with Crippen LogP contribution in [-0.4, -0.2) is 40.8 Å². The second-order valence-corrected chi connectivity index (χ2v) is 12.9. The van der Waals surface area contributed by atoms with E-state index in [4.69, 9.17) is 9.84 Å². The highest BCUT2D eigenvalue weighted by molar-refractivity contribution is 5.84. The van der Waals surface area contributed by atoms with Crippen LogP contribution < -0.4 is 10.1 Å². The Morgan fingerprint density at radius 3 is 1.89 bits per heavy atom. The normalized spacial score (nSPS) is 12.9. The van der Waals surface area contributed by atoms with Crippen molar-refractivity contribution in [3.63, 3.8) is 0 Å². The van der Waals surface area contributed by atoms with E-state index in [-0.39, 0.29) is 23.5 Å². The lowest BCUT2D eigenvalue weighted by molar-refractivity contribution is -0.141. The number of aliphatic carboxylic acids is 1. The number of nitrogens with one attached hydrogen (secondary N) is 1. The molecule has 44 heavy (non-hydrogen) atoms. The van der Waals surface area contributed by atoms with Gasteiger partial charge in [0.05, 0.1) is 6.10 Å². The Kier molecular flexibility index (Phi) is 13.7. The maximum atomic E-state index is 12.0. The highest BCUT2D eigenvalue weighted by atomic mass is 16.5. The molecule has 0 saturated heterocycles. The molecule has 0 saturated carbocycles. The first-order valence-corrected chi connectivity index (χ1v) is 15.7. The molecule has 6 nitrogen and oxygen atoms in total. The van der Waals surface area contributed by atoms with Gasteiger partial charge in [-0.05, 0) is 92.7 Å². The number of aliphatic hydroxyl groups is 1. The SMILES string of the molecule is CCC(CC)(c1ccc(CCC(O)C(C)(C)C)c(C)c1)c1ccc(OCC(=O)N[C@@H](C)C(=O)O)c(C)c1.Cc1ccccc1. The standard InChI is InChI=1S/C31H45NO5.C7H8/c1-9-31(10-2,24-13-11-23(20(3)17-24)12-16-27(33)30(6,7)8)25-14-15-26(21(4)18-25)37-19-28(34)32-22(5)29(35)36;1-7-5-3-2-4-6-7/h11,13-15,17-18,22,27,33H,9-10,12,16,19H2,1-8H3,(H,32,34)(H,35,36);2-6H,1H3/t22-,27?;/m0./s1. The highest BCUT2D eigenvalue weighted by Gasteiger charge is 2.31. The molecule has 3 N–H and O–H groups in total. The number of carbonyl (C=O) groups is 2. The van der Waals surface area contributed by atoms with Crippen molar-refractivity contribution in [3.8, 4) is 5.75 Å². The number of hydrogen-bond donors (Lipinski definition) is 3. The molecular weight excluding hydrogens is 550 g/mol. The molecule has 240 valence electrons. The van der Waals surface area contributed by atoms with Crippen molar-refractivity contribution in [1.82, 2.24) is 5.32 Å². The summed E-state index contributed by atoms with van der Waals surface area (Å²) in [5, 5.41) is 21.8. The van der Waals surface area contributed by atoms with Crippen molar-refractivity contribution in [2.45, 2.75) is 106 Å². The van der Waals surface area contributed by atoms with E-state index < -0.39 is 17.9 Å². The molecule has 0 aliphatic rings. The van der Waals surface area contributed by atoms with E-state index in [0.29, 0.717) is 5.75 Å². The number of aliphatic hydroxyl groups excluding tert-OH is 1. The zero-order valence-corrected chi connectivity index (χ0v) is 28.2. The molecule has 3 aromatic carbocycles. The summed E-state index contributed by atoms with van der Waals surface area (Å²) in [5.41, 5.74) is 6.93. The minimum atomic E-state index is -1.09. The summed E-state index contributed by atoms with van der Waals surface area (Å²) in [6.45, 7) is 18.0. The summed E-state index contributed by atoms with van der Waals surface area (Å²) < 4.78 is 5.70. The molecule has 0 bridgehead atoms. The summed E-state index contributed by atoms with van der Waals surface area (Å²) in [7, 11) is 0. The van der Waals surface area contributed by atoms with Crippen molar-refractivity contribution < 1.29 is 24.5 Å². The van der Waals surface area contributed by atoms with Gasteiger partial charge in [-0.25, -0.2) is 0 Å². The second kappa shape index (κ2) is 16.4. The first-order chi connectivity index (χ1) is 20.6. The number of aryl methyl sites for hydroxylation is 4. The first-order valence-electron chi connectivity index (χ1n) is 15.7. The van der Waals surface area contributed by atoms with Crippen molar-refractivity contribution in [3.05, 3.63) is 100 Å². The molecule has 1 amide bonds. The Morgan fingerprint density at radius 1 is 0.864 bits per heavy atom. The first kappa shape index (κ1) is 36.6. The molecular formula is C38H53NO5. The lowest BCUT2D eigenvalue weighted by atomic mass is 9.69. The van der Waals surface area contributed by atoms with E-state index in [2.05, 4.69) is 96.2 Å². The van der Waals surface area contributed by atoms with Gasteiger partial charge in [-0.2, -0.15) is 0 Å². The molecule has 1 unspecified atom stereocenters. The molecule has 0 heterocycles. The predicted molar refractivity (Wildman–Crippen MR) is 179 cm³/mol. The summed E-state index contributed by atoms with van der Waals surface area (Å²) in [6, 6.07) is 22.1. The predicted octanol–water partition coefficient (Wildman–Crippen LogP) is 7.71. The van der Waals surface area contributed by atoms with Crippen LogP contribution in [0.4, 0.5) is 0 Å². The smallest absolute Gasteiger partial charge is 0.325 e. The van der Waals surface area contributed by atoms with Gasteiger partial charge in [-0.1, -0.05) is 101 Å². The summed E-state index contributed by atoms with van der Waals surface area (Å²) in [6.07, 6.45) is 3.11. The fraction of sp³-hybridized carbons (Fsp3) is 0.474. The third-order valence-corrected chi connectivity index (χ3v) is 8.56. The zero-order chi connectivity index (χ0) is 33.1. The summed E-state index contributed by atoms with van der Waals surface area (Å²) in [5.74, 6) is -0.956. The molecule has 0 aromatic heterocycles. The quantitative estimate of drug-likeness (QED) is 0.197. The van der Waals surface area contributed by atoms with E-state index >= 15 is 0 Å². The van der Waals surface area contributed by atoms with Crippen molar-refractivity contribution in [1.29, 1.82) is 0 Å². The van der Waals surface area contributed by atoms with Gasteiger partial charge in [0.1, 0.15) is 11.8 Å². The van der Waals surface area contributed by atoms with Gasteiger partial charge in [-0.3, -0.25) is 9.59 Å². The number of carboxylic acid groups (broad SMARTS) is 1. The molecule has 0 fully saturated rings. The van der Waals surface area contributed by atoms with Crippen LogP contribution >= 0.6 is 0 Å². The number of rotatable bonds is 12. The maximum absolute atomic E-state index is 12.0. The van der Waals surface area contributed by atoms with E-state index in [1.54, 1.807) is 0 Å². The van der Waals surface area contributed by atoms with Crippen molar-refractivity contribution >= 4 is 11.9 Å². The number of carboxylic acids is 1. The number of amides is 1. The van der Waals surface area contributed by atoms with E-state index in [1.165, 1.54) is 34.7 Å². The van der Waals surface area contributed by atoms with Crippen LogP contribution in [0.5, 0.6) is 5.75 Å². The zero-order valence-electron chi connectivity index (χ0n) is 28.2. The van der Waals surface area contributed by atoms with Gasteiger partial charge in [-0.15, -0.1) is 0 Å². The molecule has 3 rings (SSSR count). The molecule has 0 spiro atoms. The van der Waals surface area contributed by atoms with E-state index in [0.717, 1.165) is 31.2 Å². The van der Waals surface area contributed by atoms with Crippen LogP contribution in [0, 0.1) is 26.2 Å². The van der Waals surface area contributed by atoms with Gasteiger partial charge in [0.25, 0.3) is 5.91 Å². The van der Waals surface area contributed by atoms with Crippen LogP contribution in [0.2, 0.25) is 0 Å². The highest BCUT2D eigenvalue weighted by Crippen LogP contribution is 2.41. The average Bonchev–Trinajstić information content (AvgIpc) is 2.97. The Bertz CT molecular complexity index is 1360. The van der Waals surface area contributed by atoms with Gasteiger partial charge >= 0.3 is 5.97 Å². The Balaban J connectivity index is 0.000000843. The lowest BCUT2D eigenvalue weighted by Gasteiger charge is -2.34. The minimum Gasteiger partial charge on any atom is -0.484 e. The molecule has 0 radical (unpaired) electrons. The van der Waals surface area contributed by atoms with Crippen LogP contribution in [0.15, 0.2) is 66.7 Å². The Labute approximate surface area is 264 Å².